The smallest absolute Gasteiger partial charge is 0.319 e. The van der Waals surface area contributed by atoms with Crippen molar-refractivity contribution in [2.75, 3.05) is 23.8 Å². The summed E-state index contributed by atoms with van der Waals surface area (Å²) in [7, 11) is 0. The fourth-order valence-corrected chi connectivity index (χ4v) is 3.48. The first-order chi connectivity index (χ1) is 14.2. The van der Waals surface area contributed by atoms with Crippen LogP contribution in [0.3, 0.4) is 0 Å². The quantitative estimate of drug-likeness (QED) is 0.516. The number of ether oxygens (including phenoxy) is 1. The van der Waals surface area contributed by atoms with Crippen molar-refractivity contribution in [1.82, 2.24) is 10.3 Å². The molecule has 1 unspecified atom stereocenters. The second kappa shape index (κ2) is 8.79. The molecular formula is C22H24N4O3. The van der Waals surface area contributed by atoms with E-state index in [4.69, 9.17) is 4.74 Å². The lowest BCUT2D eigenvalue weighted by Gasteiger charge is -2.12. The zero-order chi connectivity index (χ0) is 20.1. The van der Waals surface area contributed by atoms with Crippen molar-refractivity contribution in [2.24, 2.45) is 0 Å². The number of carbonyl (C=O) groups excluding carboxylic acids is 2. The lowest BCUT2D eigenvalue weighted by Crippen LogP contribution is -2.35. The minimum atomic E-state index is -0.267. The number of benzene rings is 2. The Labute approximate surface area is 168 Å². The number of nitrogens with one attached hydrogen (secondary N) is 4. The lowest BCUT2D eigenvalue weighted by atomic mass is 10.1. The normalized spacial score (nSPS) is 15.9. The number of carbonyl (C=O) groups is 2. The van der Waals surface area contributed by atoms with Gasteiger partial charge in [0.25, 0.3) is 0 Å². The van der Waals surface area contributed by atoms with Crippen LogP contribution in [0.2, 0.25) is 0 Å². The summed E-state index contributed by atoms with van der Waals surface area (Å²) in [5.74, 6) is -0.0928. The Hall–Kier alpha value is -3.32. The zero-order valence-electron chi connectivity index (χ0n) is 16.0. The van der Waals surface area contributed by atoms with Crippen LogP contribution in [0.5, 0.6) is 0 Å². The highest BCUT2D eigenvalue weighted by molar-refractivity contribution is 5.96. The van der Waals surface area contributed by atoms with Gasteiger partial charge >= 0.3 is 6.03 Å². The molecule has 0 radical (unpaired) electrons. The maximum atomic E-state index is 12.4. The summed E-state index contributed by atoms with van der Waals surface area (Å²) in [5.41, 5.74) is 3.31. The standard InChI is InChI=1S/C22H24N4O3/c27-21(12-15-13-23-20-6-2-1-5-19(15)20)25-16-7-9-17(10-8-16)26-22(28)24-14-18-4-3-11-29-18/h1-2,5-10,13,18,23H,3-4,11-12,14H2,(H,25,27)(H2,24,26,28). The van der Waals surface area contributed by atoms with Gasteiger partial charge in [-0.3, -0.25) is 4.79 Å². The van der Waals surface area contributed by atoms with E-state index in [1.807, 2.05) is 30.5 Å². The minimum Gasteiger partial charge on any atom is -0.376 e. The van der Waals surface area contributed by atoms with Crippen molar-refractivity contribution in [3.63, 3.8) is 0 Å². The lowest BCUT2D eigenvalue weighted by molar-refractivity contribution is -0.115. The molecular weight excluding hydrogens is 368 g/mol. The maximum Gasteiger partial charge on any atom is 0.319 e. The van der Waals surface area contributed by atoms with Gasteiger partial charge in [0.15, 0.2) is 0 Å². The summed E-state index contributed by atoms with van der Waals surface area (Å²) in [4.78, 5) is 27.5. The van der Waals surface area contributed by atoms with E-state index in [9.17, 15) is 9.59 Å². The summed E-state index contributed by atoms with van der Waals surface area (Å²) in [6, 6.07) is 14.7. The predicted octanol–water partition coefficient (Wildman–Crippen LogP) is 3.65. The van der Waals surface area contributed by atoms with Crippen LogP contribution in [0.4, 0.5) is 16.2 Å². The average molecular weight is 392 g/mol. The molecule has 1 fully saturated rings. The van der Waals surface area contributed by atoms with Gasteiger partial charge in [0.05, 0.1) is 12.5 Å². The summed E-state index contributed by atoms with van der Waals surface area (Å²) in [6.07, 6.45) is 4.28. The van der Waals surface area contributed by atoms with Gasteiger partial charge in [0.1, 0.15) is 0 Å². The molecule has 1 aromatic heterocycles. The van der Waals surface area contributed by atoms with Gasteiger partial charge in [-0.25, -0.2) is 4.79 Å². The largest absolute Gasteiger partial charge is 0.376 e. The average Bonchev–Trinajstić information content (AvgIpc) is 3.38. The molecule has 29 heavy (non-hydrogen) atoms. The number of hydrogen-bond donors (Lipinski definition) is 4. The first kappa shape index (κ1) is 19.0. The van der Waals surface area contributed by atoms with Crippen molar-refractivity contribution in [1.29, 1.82) is 0 Å². The van der Waals surface area contributed by atoms with E-state index in [1.54, 1.807) is 24.3 Å². The van der Waals surface area contributed by atoms with Crippen LogP contribution < -0.4 is 16.0 Å². The highest BCUT2D eigenvalue weighted by Crippen LogP contribution is 2.19. The maximum absolute atomic E-state index is 12.4. The number of fused-ring (bicyclic) bond motifs is 1. The van der Waals surface area contributed by atoms with Crippen molar-refractivity contribution < 1.29 is 14.3 Å². The van der Waals surface area contributed by atoms with E-state index in [2.05, 4.69) is 20.9 Å². The molecule has 7 nitrogen and oxygen atoms in total. The van der Waals surface area contributed by atoms with Crippen LogP contribution in [0.25, 0.3) is 10.9 Å². The second-order valence-electron chi connectivity index (χ2n) is 7.13. The molecule has 0 bridgehead atoms. The molecule has 1 saturated heterocycles. The molecule has 7 heteroatoms. The topological polar surface area (TPSA) is 95.3 Å². The van der Waals surface area contributed by atoms with Crippen molar-refractivity contribution in [3.05, 3.63) is 60.3 Å². The van der Waals surface area contributed by atoms with Gasteiger partial charge in [-0.15, -0.1) is 0 Å². The van der Waals surface area contributed by atoms with Crippen LogP contribution in [-0.4, -0.2) is 36.2 Å². The van der Waals surface area contributed by atoms with E-state index in [1.165, 1.54) is 0 Å². The Morgan fingerprint density at radius 1 is 1.03 bits per heavy atom. The molecule has 0 saturated carbocycles. The van der Waals surface area contributed by atoms with Crippen molar-refractivity contribution in [3.8, 4) is 0 Å². The fraction of sp³-hybridized carbons (Fsp3) is 0.273. The monoisotopic (exact) mass is 392 g/mol. The molecule has 2 aromatic carbocycles. The first-order valence-corrected chi connectivity index (χ1v) is 9.79. The Morgan fingerprint density at radius 2 is 1.79 bits per heavy atom. The number of aromatic nitrogens is 1. The molecule has 0 spiro atoms. The van der Waals surface area contributed by atoms with Crippen LogP contribution in [0.15, 0.2) is 54.7 Å². The number of urea groups is 1. The Balaban J connectivity index is 1.27. The van der Waals surface area contributed by atoms with Crippen molar-refractivity contribution >= 4 is 34.2 Å². The third-order valence-electron chi connectivity index (χ3n) is 4.97. The molecule has 2 heterocycles. The number of aromatic amines is 1. The number of rotatable bonds is 6. The molecule has 1 aliphatic rings. The minimum absolute atomic E-state index is 0.0928. The molecule has 1 aliphatic heterocycles. The molecule has 1 atom stereocenters. The summed E-state index contributed by atoms with van der Waals surface area (Å²) in [5, 5.41) is 9.53. The number of amides is 3. The van der Waals surface area contributed by atoms with Gasteiger partial charge < -0.3 is 25.7 Å². The van der Waals surface area contributed by atoms with Crippen LogP contribution in [-0.2, 0) is 16.0 Å². The molecule has 4 rings (SSSR count). The van der Waals surface area contributed by atoms with E-state index in [0.717, 1.165) is 35.9 Å². The first-order valence-electron chi connectivity index (χ1n) is 9.79. The molecule has 3 aromatic rings. The van der Waals surface area contributed by atoms with E-state index >= 15 is 0 Å². The summed E-state index contributed by atoms with van der Waals surface area (Å²) < 4.78 is 5.48. The number of H-pyrrole nitrogens is 1. The van der Waals surface area contributed by atoms with Crippen LogP contribution >= 0.6 is 0 Å². The Bertz CT molecular complexity index is 991. The van der Waals surface area contributed by atoms with Crippen LogP contribution in [0, 0.1) is 0 Å². The third kappa shape index (κ3) is 4.94. The van der Waals surface area contributed by atoms with Gasteiger partial charge in [-0.1, -0.05) is 18.2 Å². The zero-order valence-corrected chi connectivity index (χ0v) is 16.0. The SMILES string of the molecule is O=C(Cc1c[nH]c2ccccc12)Nc1ccc(NC(=O)NCC2CCCO2)cc1. The van der Waals surface area contributed by atoms with E-state index in [-0.39, 0.29) is 24.5 Å². The third-order valence-corrected chi connectivity index (χ3v) is 4.97. The Morgan fingerprint density at radius 3 is 2.55 bits per heavy atom. The van der Waals surface area contributed by atoms with Crippen molar-refractivity contribution in [2.45, 2.75) is 25.4 Å². The summed E-state index contributed by atoms with van der Waals surface area (Å²) in [6.45, 7) is 1.27. The molecule has 3 amide bonds. The van der Waals surface area contributed by atoms with Gasteiger partial charge in [0, 0.05) is 41.6 Å². The number of anilines is 2. The van der Waals surface area contributed by atoms with E-state index in [0.29, 0.717) is 17.9 Å². The number of para-hydroxylation sites is 1. The fourth-order valence-electron chi connectivity index (χ4n) is 3.48. The van der Waals surface area contributed by atoms with Gasteiger partial charge in [0.2, 0.25) is 5.91 Å². The van der Waals surface area contributed by atoms with E-state index < -0.39 is 0 Å². The highest BCUT2D eigenvalue weighted by atomic mass is 16.5. The Kier molecular flexibility index (Phi) is 5.76. The van der Waals surface area contributed by atoms with Crippen LogP contribution in [0.1, 0.15) is 18.4 Å². The molecule has 0 aliphatic carbocycles. The molecule has 150 valence electrons. The summed E-state index contributed by atoms with van der Waals surface area (Å²) >= 11 is 0. The number of hydrogen-bond acceptors (Lipinski definition) is 3. The van der Waals surface area contributed by atoms with Gasteiger partial charge in [-0.2, -0.15) is 0 Å². The second-order valence-corrected chi connectivity index (χ2v) is 7.13. The molecule has 4 N–H and O–H groups in total. The van der Waals surface area contributed by atoms with Gasteiger partial charge in [-0.05, 0) is 48.7 Å². The highest BCUT2D eigenvalue weighted by Gasteiger charge is 2.16. The predicted molar refractivity (Wildman–Crippen MR) is 113 cm³/mol.